The molecule has 0 heterocycles. The largest absolute Gasteiger partial charge is 0.469 e. The fraction of sp³-hybridized carbons (Fsp3) is 0.429. The van der Waals surface area contributed by atoms with Crippen LogP contribution in [-0.2, 0) is 25.7 Å². The highest BCUT2D eigenvalue weighted by atomic mass is 16.5. The van der Waals surface area contributed by atoms with Gasteiger partial charge >= 0.3 is 11.9 Å². The highest BCUT2D eigenvalue weighted by molar-refractivity contribution is 5.74. The maximum Gasteiger partial charge on any atom is 0.308 e. The van der Waals surface area contributed by atoms with Crippen molar-refractivity contribution >= 4 is 11.9 Å². The minimum atomic E-state index is -0.300. The molecule has 0 spiro atoms. The quantitative estimate of drug-likeness (QED) is 0.727. The summed E-state index contributed by atoms with van der Waals surface area (Å²) in [7, 11) is 1.34. The van der Waals surface area contributed by atoms with Crippen LogP contribution in [0.1, 0.15) is 25.3 Å². The van der Waals surface area contributed by atoms with Gasteiger partial charge in [-0.2, -0.15) is 0 Å². The summed E-state index contributed by atoms with van der Waals surface area (Å²) in [5, 5.41) is 0. The Hall–Kier alpha value is -1.84. The Bertz CT molecular complexity index is 386. The van der Waals surface area contributed by atoms with Crippen LogP contribution in [0.2, 0.25) is 0 Å². The van der Waals surface area contributed by atoms with Crippen molar-refractivity contribution in [3.8, 4) is 0 Å². The number of methoxy groups -OCH3 is 1. The Morgan fingerprint density at radius 3 is 2.50 bits per heavy atom. The van der Waals surface area contributed by atoms with E-state index >= 15 is 0 Å². The molecule has 1 atom stereocenters. The lowest BCUT2D eigenvalue weighted by molar-refractivity contribution is -0.147. The molecule has 1 rings (SSSR count). The number of benzene rings is 1. The van der Waals surface area contributed by atoms with Crippen LogP contribution in [0.4, 0.5) is 0 Å². The van der Waals surface area contributed by atoms with E-state index in [2.05, 4.69) is 4.74 Å². The van der Waals surface area contributed by atoms with Gasteiger partial charge in [0.15, 0.2) is 0 Å². The van der Waals surface area contributed by atoms with E-state index < -0.39 is 0 Å². The summed E-state index contributed by atoms with van der Waals surface area (Å²) in [5.74, 6) is -0.875. The van der Waals surface area contributed by atoms with Crippen LogP contribution in [0.5, 0.6) is 0 Å². The molecular weight excluding hydrogens is 232 g/mol. The van der Waals surface area contributed by atoms with Crippen molar-refractivity contribution in [2.45, 2.75) is 26.4 Å². The molecule has 4 nitrogen and oxygen atoms in total. The first kappa shape index (κ1) is 14.2. The van der Waals surface area contributed by atoms with Gasteiger partial charge in [0.2, 0.25) is 0 Å². The topological polar surface area (TPSA) is 52.6 Å². The van der Waals surface area contributed by atoms with E-state index in [4.69, 9.17) is 4.74 Å². The van der Waals surface area contributed by atoms with Gasteiger partial charge in [-0.3, -0.25) is 9.59 Å². The molecule has 0 N–H and O–H groups in total. The maximum absolute atomic E-state index is 11.5. The van der Waals surface area contributed by atoms with Crippen molar-refractivity contribution in [1.82, 2.24) is 0 Å². The predicted octanol–water partition coefficient (Wildman–Crippen LogP) is 2.32. The van der Waals surface area contributed by atoms with Gasteiger partial charge in [0.25, 0.3) is 0 Å². The summed E-state index contributed by atoms with van der Waals surface area (Å²) >= 11 is 0. The minimum Gasteiger partial charge on any atom is -0.469 e. The summed E-state index contributed by atoms with van der Waals surface area (Å²) in [5.41, 5.74) is 0.951. The zero-order valence-electron chi connectivity index (χ0n) is 10.7. The van der Waals surface area contributed by atoms with Crippen molar-refractivity contribution in [1.29, 1.82) is 0 Å². The number of carbonyl (C=O) groups excluding carboxylic acids is 2. The zero-order chi connectivity index (χ0) is 13.4. The molecule has 1 aromatic carbocycles. The van der Waals surface area contributed by atoms with Gasteiger partial charge in [-0.1, -0.05) is 37.3 Å². The first-order chi connectivity index (χ1) is 8.63. The van der Waals surface area contributed by atoms with Crippen LogP contribution in [0.3, 0.4) is 0 Å². The van der Waals surface area contributed by atoms with E-state index in [1.807, 2.05) is 30.3 Å². The van der Waals surface area contributed by atoms with E-state index in [1.54, 1.807) is 6.92 Å². The van der Waals surface area contributed by atoms with Gasteiger partial charge in [0.1, 0.15) is 6.61 Å². The Labute approximate surface area is 107 Å². The van der Waals surface area contributed by atoms with Crippen LogP contribution in [0.15, 0.2) is 30.3 Å². The average molecular weight is 250 g/mol. The molecule has 0 unspecified atom stereocenters. The molecule has 0 amide bonds. The number of ether oxygens (including phenoxy) is 2. The first-order valence-corrected chi connectivity index (χ1v) is 5.91. The van der Waals surface area contributed by atoms with E-state index in [9.17, 15) is 9.59 Å². The number of hydrogen-bond acceptors (Lipinski definition) is 4. The Morgan fingerprint density at radius 1 is 1.22 bits per heavy atom. The summed E-state index contributed by atoms with van der Waals surface area (Å²) in [6, 6.07) is 9.48. The normalized spacial score (nSPS) is 11.7. The van der Waals surface area contributed by atoms with E-state index in [1.165, 1.54) is 7.11 Å². The maximum atomic E-state index is 11.5. The molecule has 0 fully saturated rings. The molecule has 0 radical (unpaired) electrons. The molecule has 0 saturated carbocycles. The van der Waals surface area contributed by atoms with Crippen molar-refractivity contribution < 1.29 is 19.1 Å². The molecule has 18 heavy (non-hydrogen) atoms. The molecule has 0 aliphatic rings. The Kier molecular flexibility index (Phi) is 5.91. The Balaban J connectivity index is 2.24. The number of hydrogen-bond donors (Lipinski definition) is 0. The number of rotatable bonds is 6. The third-order valence-electron chi connectivity index (χ3n) is 2.63. The first-order valence-electron chi connectivity index (χ1n) is 5.91. The molecule has 0 aliphatic heterocycles. The molecule has 0 aliphatic carbocycles. The fourth-order valence-corrected chi connectivity index (χ4v) is 1.46. The highest BCUT2D eigenvalue weighted by Gasteiger charge is 2.15. The third kappa shape index (κ3) is 4.99. The standard InChI is InChI=1S/C14H18O4/c1-11(14(16)17-2)8-9-13(15)18-10-12-6-4-3-5-7-12/h3-7,11H,8-10H2,1-2H3/t11-/m0/s1. The van der Waals surface area contributed by atoms with Crippen molar-refractivity contribution in [2.24, 2.45) is 5.92 Å². The van der Waals surface area contributed by atoms with Crippen molar-refractivity contribution in [3.05, 3.63) is 35.9 Å². The lowest BCUT2D eigenvalue weighted by atomic mass is 10.1. The summed E-state index contributed by atoms with van der Waals surface area (Å²) in [6.45, 7) is 2.00. The van der Waals surface area contributed by atoms with Gasteiger partial charge < -0.3 is 9.47 Å². The monoisotopic (exact) mass is 250 g/mol. The van der Waals surface area contributed by atoms with Gasteiger partial charge in [-0.15, -0.1) is 0 Å². The smallest absolute Gasteiger partial charge is 0.308 e. The molecule has 4 heteroatoms. The van der Waals surface area contributed by atoms with Crippen LogP contribution in [0, 0.1) is 5.92 Å². The van der Waals surface area contributed by atoms with Crippen LogP contribution < -0.4 is 0 Å². The van der Waals surface area contributed by atoms with Gasteiger partial charge in [0.05, 0.1) is 13.0 Å². The third-order valence-corrected chi connectivity index (χ3v) is 2.63. The van der Waals surface area contributed by atoms with E-state index in [0.29, 0.717) is 6.42 Å². The second kappa shape index (κ2) is 7.48. The second-order valence-corrected chi connectivity index (χ2v) is 4.11. The summed E-state index contributed by atoms with van der Waals surface area (Å²) < 4.78 is 9.68. The number of esters is 2. The number of carbonyl (C=O) groups is 2. The molecule has 0 aromatic heterocycles. The predicted molar refractivity (Wildman–Crippen MR) is 66.7 cm³/mol. The van der Waals surface area contributed by atoms with Crippen LogP contribution >= 0.6 is 0 Å². The highest BCUT2D eigenvalue weighted by Crippen LogP contribution is 2.09. The SMILES string of the molecule is COC(=O)[C@@H](C)CCC(=O)OCc1ccccc1. The second-order valence-electron chi connectivity index (χ2n) is 4.11. The molecular formula is C14H18O4. The van der Waals surface area contributed by atoms with Crippen LogP contribution in [0.25, 0.3) is 0 Å². The van der Waals surface area contributed by atoms with Crippen molar-refractivity contribution in [3.63, 3.8) is 0 Å². The average Bonchev–Trinajstić information content (AvgIpc) is 2.42. The minimum absolute atomic E-state index is 0.225. The Morgan fingerprint density at radius 2 is 1.89 bits per heavy atom. The van der Waals surface area contributed by atoms with Gasteiger partial charge in [-0.05, 0) is 12.0 Å². The molecule has 98 valence electrons. The van der Waals surface area contributed by atoms with Gasteiger partial charge in [0, 0.05) is 6.42 Å². The lowest BCUT2D eigenvalue weighted by Gasteiger charge is -2.08. The van der Waals surface area contributed by atoms with E-state index in [0.717, 1.165) is 5.56 Å². The molecule has 0 saturated heterocycles. The summed E-state index contributed by atoms with van der Waals surface area (Å²) in [4.78, 5) is 22.6. The lowest BCUT2D eigenvalue weighted by Crippen LogP contribution is -2.15. The van der Waals surface area contributed by atoms with Crippen molar-refractivity contribution in [2.75, 3.05) is 7.11 Å². The molecule has 0 bridgehead atoms. The summed E-state index contributed by atoms with van der Waals surface area (Å²) in [6.07, 6.45) is 0.670. The zero-order valence-corrected chi connectivity index (χ0v) is 10.7. The van der Waals surface area contributed by atoms with Gasteiger partial charge in [-0.25, -0.2) is 0 Å². The van der Waals surface area contributed by atoms with Crippen LogP contribution in [-0.4, -0.2) is 19.0 Å². The fourth-order valence-electron chi connectivity index (χ4n) is 1.46. The van der Waals surface area contributed by atoms with E-state index in [-0.39, 0.29) is 30.9 Å². The molecule has 1 aromatic rings.